The van der Waals surface area contributed by atoms with Crippen LogP contribution >= 0.6 is 11.6 Å². The van der Waals surface area contributed by atoms with Crippen LogP contribution in [0.15, 0.2) is 84.2 Å². The lowest BCUT2D eigenvalue weighted by Gasteiger charge is -2.05. The summed E-state index contributed by atoms with van der Waals surface area (Å²) in [6.45, 7) is 0.536. The van der Waals surface area contributed by atoms with E-state index in [4.69, 9.17) is 16.3 Å². The molecule has 0 spiro atoms. The van der Waals surface area contributed by atoms with Crippen LogP contribution in [0.2, 0.25) is 5.02 Å². The molecule has 0 radical (unpaired) electrons. The number of ether oxygens (including phenoxy) is 1. The molecule has 5 aromatic rings. The fourth-order valence-electron chi connectivity index (χ4n) is 4.03. The zero-order valence-electron chi connectivity index (χ0n) is 18.8. The Kier molecular flexibility index (Phi) is 6.08. The first-order chi connectivity index (χ1) is 17.0. The summed E-state index contributed by atoms with van der Waals surface area (Å²) in [6, 6.07) is 20.6. The van der Waals surface area contributed by atoms with Gasteiger partial charge in [-0.2, -0.15) is 5.10 Å². The highest BCUT2D eigenvalue weighted by Crippen LogP contribution is 2.24. The van der Waals surface area contributed by atoms with E-state index in [2.05, 4.69) is 15.5 Å². The number of halogens is 1. The number of carbonyl (C=O) groups excluding carboxylic acids is 2. The summed E-state index contributed by atoms with van der Waals surface area (Å²) >= 11 is 5.99. The molecular formula is C27H21ClN4O3. The van der Waals surface area contributed by atoms with E-state index in [-0.39, 0.29) is 0 Å². The number of para-hydroxylation sites is 1. The third-order valence-corrected chi connectivity index (χ3v) is 6.05. The topological polar surface area (TPSA) is 88.5 Å². The van der Waals surface area contributed by atoms with Crippen LogP contribution in [0, 0.1) is 0 Å². The first-order valence-electron chi connectivity index (χ1n) is 10.9. The van der Waals surface area contributed by atoms with Crippen molar-refractivity contribution in [3.8, 4) is 5.75 Å². The monoisotopic (exact) mass is 484 g/mol. The van der Waals surface area contributed by atoms with Gasteiger partial charge in [-0.05, 0) is 42.0 Å². The smallest absolute Gasteiger partial charge is 0.312 e. The van der Waals surface area contributed by atoms with E-state index in [0.29, 0.717) is 28.3 Å². The highest BCUT2D eigenvalue weighted by Gasteiger charge is 2.21. The van der Waals surface area contributed by atoms with E-state index >= 15 is 0 Å². The first kappa shape index (κ1) is 22.4. The van der Waals surface area contributed by atoms with Crippen LogP contribution in [0.4, 0.5) is 0 Å². The number of aromatic nitrogens is 2. The van der Waals surface area contributed by atoms with Gasteiger partial charge in [-0.15, -0.1) is 0 Å². The van der Waals surface area contributed by atoms with Crippen molar-refractivity contribution in [2.24, 2.45) is 5.10 Å². The Bertz CT molecular complexity index is 1580. The second-order valence-corrected chi connectivity index (χ2v) is 8.43. The summed E-state index contributed by atoms with van der Waals surface area (Å²) in [5.74, 6) is -0.761. The number of carbonyl (C=O) groups is 2. The normalized spacial score (nSPS) is 11.4. The van der Waals surface area contributed by atoms with Gasteiger partial charge in [-0.25, -0.2) is 5.43 Å². The van der Waals surface area contributed by atoms with E-state index in [1.165, 1.54) is 6.21 Å². The second-order valence-electron chi connectivity index (χ2n) is 8.00. The van der Waals surface area contributed by atoms with Gasteiger partial charge in [-0.1, -0.05) is 41.9 Å². The van der Waals surface area contributed by atoms with Crippen molar-refractivity contribution < 1.29 is 14.3 Å². The van der Waals surface area contributed by atoms with Crippen LogP contribution in [-0.2, 0) is 11.3 Å². The number of fused-ring (bicyclic) bond motifs is 2. The molecule has 2 N–H and O–H groups in total. The molecular weight excluding hydrogens is 464 g/mol. The molecule has 0 atom stereocenters. The SMILES string of the molecule is COc1ccc2[nH]cc(/C=N/NC(=O)C(=O)c3cn(Cc4ccc(Cl)cc4)c4ccccc34)c2c1. The Labute approximate surface area is 206 Å². The molecule has 0 aliphatic carbocycles. The highest BCUT2D eigenvalue weighted by atomic mass is 35.5. The fraction of sp³-hybridized carbons (Fsp3) is 0.0741. The third-order valence-electron chi connectivity index (χ3n) is 5.80. The average molecular weight is 485 g/mol. The summed E-state index contributed by atoms with van der Waals surface area (Å²) in [4.78, 5) is 28.8. The maximum atomic E-state index is 13.0. The Morgan fingerprint density at radius 2 is 1.89 bits per heavy atom. The van der Waals surface area contributed by atoms with Crippen molar-refractivity contribution in [1.29, 1.82) is 0 Å². The fourth-order valence-corrected chi connectivity index (χ4v) is 4.16. The summed E-state index contributed by atoms with van der Waals surface area (Å²) in [7, 11) is 1.60. The van der Waals surface area contributed by atoms with E-state index in [1.807, 2.05) is 71.3 Å². The van der Waals surface area contributed by atoms with Gasteiger partial charge < -0.3 is 14.3 Å². The molecule has 0 fully saturated rings. The standard InChI is InChI=1S/C27H21ClN4O3/c1-35-20-10-11-24-22(12-20)18(13-29-24)14-30-31-27(34)26(33)23-16-32(25-5-3-2-4-21(23)25)15-17-6-8-19(28)9-7-17/h2-14,16,29H,15H2,1H3,(H,31,34)/b30-14+. The summed E-state index contributed by atoms with van der Waals surface area (Å²) < 4.78 is 7.22. The quantitative estimate of drug-likeness (QED) is 0.145. The number of amides is 1. The molecule has 2 aromatic heterocycles. The van der Waals surface area contributed by atoms with Crippen molar-refractivity contribution in [1.82, 2.24) is 15.0 Å². The number of aromatic amines is 1. The Hall–Kier alpha value is -4.36. The van der Waals surface area contributed by atoms with E-state index < -0.39 is 11.7 Å². The second kappa shape index (κ2) is 9.48. The van der Waals surface area contributed by atoms with Crippen LogP contribution in [0.3, 0.4) is 0 Å². The number of Topliss-reactive ketones (excluding diaryl/α,β-unsaturated/α-hetero) is 1. The first-order valence-corrected chi connectivity index (χ1v) is 11.3. The van der Waals surface area contributed by atoms with E-state index in [9.17, 15) is 9.59 Å². The lowest BCUT2D eigenvalue weighted by molar-refractivity contribution is -0.116. The summed E-state index contributed by atoms with van der Waals surface area (Å²) in [5.41, 5.74) is 6.22. The van der Waals surface area contributed by atoms with Crippen molar-refractivity contribution in [3.63, 3.8) is 0 Å². The molecule has 174 valence electrons. The molecule has 8 heteroatoms. The van der Waals surface area contributed by atoms with Gasteiger partial charge >= 0.3 is 5.91 Å². The Morgan fingerprint density at radius 3 is 2.69 bits per heavy atom. The number of hydrazone groups is 1. The molecule has 7 nitrogen and oxygen atoms in total. The van der Waals surface area contributed by atoms with Crippen LogP contribution in [0.25, 0.3) is 21.8 Å². The van der Waals surface area contributed by atoms with Crippen molar-refractivity contribution >= 4 is 51.3 Å². The zero-order valence-corrected chi connectivity index (χ0v) is 19.5. The number of nitrogens with one attached hydrogen (secondary N) is 2. The van der Waals surface area contributed by atoms with E-state index in [1.54, 1.807) is 19.5 Å². The minimum atomic E-state index is -0.812. The number of rotatable bonds is 7. The number of methoxy groups -OCH3 is 1. The largest absolute Gasteiger partial charge is 0.497 e. The molecule has 0 unspecified atom stereocenters. The zero-order chi connectivity index (χ0) is 24.4. The van der Waals surface area contributed by atoms with Gasteiger partial charge in [0.2, 0.25) is 0 Å². The third kappa shape index (κ3) is 4.54. The van der Waals surface area contributed by atoms with Crippen LogP contribution in [-0.4, -0.2) is 34.6 Å². The highest BCUT2D eigenvalue weighted by molar-refractivity contribution is 6.45. The van der Waals surface area contributed by atoms with Crippen molar-refractivity contribution in [2.45, 2.75) is 6.54 Å². The lowest BCUT2D eigenvalue weighted by Crippen LogP contribution is -2.27. The van der Waals surface area contributed by atoms with Crippen LogP contribution in [0.1, 0.15) is 21.5 Å². The van der Waals surface area contributed by atoms with Gasteiger partial charge in [0.05, 0.1) is 18.9 Å². The van der Waals surface area contributed by atoms with Crippen LogP contribution < -0.4 is 10.2 Å². The minimum absolute atomic E-state index is 0.319. The Balaban J connectivity index is 1.36. The average Bonchev–Trinajstić information content (AvgIpc) is 3.46. The molecule has 0 saturated heterocycles. The lowest BCUT2D eigenvalue weighted by atomic mass is 10.1. The molecule has 2 heterocycles. The summed E-state index contributed by atoms with van der Waals surface area (Å²) in [5, 5.41) is 6.25. The number of benzene rings is 3. The minimum Gasteiger partial charge on any atom is -0.497 e. The van der Waals surface area contributed by atoms with Gasteiger partial charge in [0.1, 0.15) is 5.75 Å². The van der Waals surface area contributed by atoms with Gasteiger partial charge in [0.15, 0.2) is 0 Å². The number of nitrogens with zero attached hydrogens (tertiary/aromatic N) is 2. The number of H-pyrrole nitrogens is 1. The molecule has 0 aliphatic rings. The Morgan fingerprint density at radius 1 is 1.09 bits per heavy atom. The summed E-state index contributed by atoms with van der Waals surface area (Å²) in [6.07, 6.45) is 4.97. The molecule has 35 heavy (non-hydrogen) atoms. The van der Waals surface area contributed by atoms with Gasteiger partial charge in [-0.3, -0.25) is 9.59 Å². The molecule has 0 aliphatic heterocycles. The molecule has 1 amide bonds. The van der Waals surface area contributed by atoms with Gasteiger partial charge in [0, 0.05) is 51.3 Å². The maximum absolute atomic E-state index is 13.0. The van der Waals surface area contributed by atoms with Crippen LogP contribution in [0.5, 0.6) is 5.75 Å². The van der Waals surface area contributed by atoms with Crippen molar-refractivity contribution in [3.05, 3.63) is 101 Å². The van der Waals surface area contributed by atoms with Crippen molar-refractivity contribution in [2.75, 3.05) is 7.11 Å². The van der Waals surface area contributed by atoms with Gasteiger partial charge in [0.25, 0.3) is 5.78 Å². The predicted molar refractivity (Wildman–Crippen MR) is 137 cm³/mol. The number of hydrogen-bond acceptors (Lipinski definition) is 4. The molecule has 5 rings (SSSR count). The predicted octanol–water partition coefficient (Wildman–Crippen LogP) is 5.17. The molecule has 0 bridgehead atoms. The molecule has 0 saturated carbocycles. The maximum Gasteiger partial charge on any atom is 0.312 e. The number of ketones is 1. The van der Waals surface area contributed by atoms with E-state index in [0.717, 1.165) is 27.5 Å². The molecule has 3 aromatic carbocycles. The number of hydrogen-bond donors (Lipinski definition) is 2.